The fraction of sp³-hybridized carbons (Fsp3) is 0.526. The zero-order valence-electron chi connectivity index (χ0n) is 16.2. The van der Waals surface area contributed by atoms with E-state index in [1.807, 2.05) is 6.92 Å². The van der Waals surface area contributed by atoms with Crippen LogP contribution in [0.2, 0.25) is 0 Å². The number of hydrogen-bond acceptors (Lipinski definition) is 6. The van der Waals surface area contributed by atoms with E-state index in [-0.39, 0.29) is 4.34 Å². The fourth-order valence-corrected chi connectivity index (χ4v) is 5.48. The Kier molecular flexibility index (Phi) is 5.01. The third kappa shape index (κ3) is 3.83. The number of anilines is 1. The lowest BCUT2D eigenvalue weighted by Crippen LogP contribution is -2.13. The molecule has 0 bridgehead atoms. The van der Waals surface area contributed by atoms with Gasteiger partial charge in [0.25, 0.3) is 0 Å². The highest BCUT2D eigenvalue weighted by Crippen LogP contribution is 2.47. The molecule has 0 saturated heterocycles. The largest absolute Gasteiger partial charge is 0.385 e. The van der Waals surface area contributed by atoms with Crippen LogP contribution in [0.3, 0.4) is 0 Å². The molecule has 7 nitrogen and oxygen atoms in total. The molecule has 1 atom stereocenters. The second-order valence-electron chi connectivity index (χ2n) is 7.91. The molecule has 2 aromatic rings. The van der Waals surface area contributed by atoms with Gasteiger partial charge >= 0.3 is 6.03 Å². The average Bonchev–Trinajstić information content (AvgIpc) is 3.11. The van der Waals surface area contributed by atoms with E-state index in [0.717, 1.165) is 71.6 Å². The first kappa shape index (κ1) is 19.5. The van der Waals surface area contributed by atoms with Crippen LogP contribution in [0.5, 0.6) is 0 Å². The Hall–Kier alpha value is -1.84. The van der Waals surface area contributed by atoms with E-state index < -0.39 is 22.2 Å². The number of amides is 2. The molecule has 2 N–H and O–H groups in total. The van der Waals surface area contributed by atoms with Gasteiger partial charge in [-0.2, -0.15) is 0 Å². The van der Waals surface area contributed by atoms with Crippen LogP contribution in [0.15, 0.2) is 14.9 Å². The number of nitrogens with one attached hydrogen (secondary N) is 1. The van der Waals surface area contributed by atoms with E-state index >= 15 is 0 Å². The van der Waals surface area contributed by atoms with Crippen molar-refractivity contribution in [2.75, 3.05) is 5.32 Å². The number of pyridine rings is 1. The molecule has 2 amide bonds. The van der Waals surface area contributed by atoms with Gasteiger partial charge < -0.3 is 10.4 Å². The number of aryl methyl sites for hydroxylation is 2. The van der Waals surface area contributed by atoms with Crippen LogP contribution in [0.25, 0.3) is 0 Å². The van der Waals surface area contributed by atoms with Crippen LogP contribution in [0.1, 0.15) is 66.4 Å². The summed E-state index contributed by atoms with van der Waals surface area (Å²) in [7, 11) is -2.32. The molecule has 2 aliphatic rings. The first-order valence-corrected chi connectivity index (χ1v) is 11.5. The second-order valence-corrected chi connectivity index (χ2v) is 10.4. The summed E-state index contributed by atoms with van der Waals surface area (Å²) >= 11 is 1.11. The molecule has 2 aliphatic carbocycles. The molecule has 28 heavy (non-hydrogen) atoms. The molecule has 0 spiro atoms. The lowest BCUT2D eigenvalue weighted by molar-refractivity contribution is 0.0823. The Morgan fingerprint density at radius 3 is 2.79 bits per heavy atom. The van der Waals surface area contributed by atoms with Crippen molar-refractivity contribution in [3.05, 3.63) is 33.6 Å². The van der Waals surface area contributed by atoms with E-state index in [0.29, 0.717) is 10.8 Å². The first-order valence-electron chi connectivity index (χ1n) is 9.45. The quantitative estimate of drug-likeness (QED) is 0.654. The standard InChI is InChI=1S/C19H24N4O3S2/c1-10-15(11-7-8-11)16(12-5-4-6-13(12)21-10)22-17(24)23-28(26)18-20-9-14(27-18)19(2,3)25/h9,11,25,28H,4-8H2,1-3H3,(H,21,22,24). The third-order valence-corrected chi connectivity index (χ3v) is 7.77. The topological polar surface area (TPSA) is 105 Å². The first-order chi connectivity index (χ1) is 13.2. The minimum atomic E-state index is -2.32. The number of thiol groups is 1. The number of aromatic nitrogens is 2. The van der Waals surface area contributed by atoms with Gasteiger partial charge in [-0.15, -0.1) is 15.7 Å². The van der Waals surface area contributed by atoms with E-state index in [1.54, 1.807) is 13.8 Å². The van der Waals surface area contributed by atoms with Crippen LogP contribution in [0.4, 0.5) is 10.5 Å². The lowest BCUT2D eigenvalue weighted by atomic mass is 10.0. The molecule has 0 aliphatic heterocycles. The molecular weight excluding hydrogens is 396 g/mol. The normalized spacial score (nSPS) is 17.6. The van der Waals surface area contributed by atoms with Gasteiger partial charge in [-0.3, -0.25) is 4.98 Å². The molecule has 1 fully saturated rings. The van der Waals surface area contributed by atoms with Gasteiger partial charge in [0.2, 0.25) is 0 Å². The Bertz CT molecular complexity index is 1030. The molecule has 1 saturated carbocycles. The molecule has 0 radical (unpaired) electrons. The van der Waals surface area contributed by atoms with Gasteiger partial charge in [-0.1, -0.05) is 0 Å². The monoisotopic (exact) mass is 420 g/mol. The predicted octanol–water partition coefficient (Wildman–Crippen LogP) is 3.70. The number of aliphatic hydroxyl groups is 1. The Labute approximate surface area is 169 Å². The Balaban J connectivity index is 1.62. The molecule has 9 heteroatoms. The number of hydrogen-bond donors (Lipinski definition) is 3. The number of fused-ring (bicyclic) bond motifs is 1. The number of urea groups is 1. The summed E-state index contributed by atoms with van der Waals surface area (Å²) in [5, 5.41) is 12.9. The van der Waals surface area contributed by atoms with Gasteiger partial charge in [0.1, 0.15) is 10.6 Å². The lowest BCUT2D eigenvalue weighted by Gasteiger charge is -2.16. The van der Waals surface area contributed by atoms with Crippen molar-refractivity contribution in [1.29, 1.82) is 0 Å². The van der Waals surface area contributed by atoms with Crippen LogP contribution >= 0.6 is 11.3 Å². The highest BCUT2D eigenvalue weighted by Gasteiger charge is 2.32. The predicted molar refractivity (Wildman–Crippen MR) is 110 cm³/mol. The zero-order valence-corrected chi connectivity index (χ0v) is 17.9. The molecule has 2 heterocycles. The molecule has 150 valence electrons. The van der Waals surface area contributed by atoms with Crippen molar-refractivity contribution in [3.63, 3.8) is 0 Å². The number of nitrogens with zero attached hydrogens (tertiary/aromatic N) is 3. The highest BCUT2D eigenvalue weighted by molar-refractivity contribution is 7.77. The zero-order chi connectivity index (χ0) is 20.1. The summed E-state index contributed by atoms with van der Waals surface area (Å²) in [6.07, 6.45) is 6.54. The van der Waals surface area contributed by atoms with Gasteiger partial charge in [-0.25, -0.2) is 14.0 Å². The molecular formula is C19H24N4O3S2. The van der Waals surface area contributed by atoms with Crippen LogP contribution < -0.4 is 5.32 Å². The summed E-state index contributed by atoms with van der Waals surface area (Å²) in [6.45, 7) is 5.26. The molecule has 2 aromatic heterocycles. The van der Waals surface area contributed by atoms with Crippen molar-refractivity contribution >= 4 is 33.7 Å². The van der Waals surface area contributed by atoms with E-state index in [9.17, 15) is 14.1 Å². The maximum absolute atomic E-state index is 12.6. The van der Waals surface area contributed by atoms with Crippen LogP contribution in [0, 0.1) is 6.92 Å². The maximum atomic E-state index is 12.6. The van der Waals surface area contributed by atoms with Crippen molar-refractivity contribution in [2.45, 2.75) is 68.7 Å². The Morgan fingerprint density at radius 1 is 1.39 bits per heavy atom. The van der Waals surface area contributed by atoms with Gasteiger partial charge in [0, 0.05) is 23.1 Å². The average molecular weight is 421 g/mol. The van der Waals surface area contributed by atoms with E-state index in [2.05, 4.69) is 14.7 Å². The second kappa shape index (κ2) is 7.20. The van der Waals surface area contributed by atoms with Gasteiger partial charge in [0.15, 0.2) is 4.34 Å². The maximum Gasteiger partial charge on any atom is 0.353 e. The van der Waals surface area contributed by atoms with Crippen LogP contribution in [-0.2, 0) is 29.0 Å². The van der Waals surface area contributed by atoms with E-state index in [1.165, 1.54) is 6.20 Å². The summed E-state index contributed by atoms with van der Waals surface area (Å²) in [5.41, 5.74) is 4.00. The summed E-state index contributed by atoms with van der Waals surface area (Å²) in [5.74, 6) is 0.441. The molecule has 1 unspecified atom stereocenters. The summed E-state index contributed by atoms with van der Waals surface area (Å²) < 4.78 is 16.5. The van der Waals surface area contributed by atoms with E-state index in [4.69, 9.17) is 4.98 Å². The summed E-state index contributed by atoms with van der Waals surface area (Å²) in [6, 6.07) is -0.622. The number of carbonyl (C=O) groups excluding carboxylic acids is 1. The van der Waals surface area contributed by atoms with Crippen LogP contribution in [-0.4, -0.2) is 25.3 Å². The Morgan fingerprint density at radius 2 is 2.14 bits per heavy atom. The highest BCUT2D eigenvalue weighted by atomic mass is 32.2. The van der Waals surface area contributed by atoms with Gasteiger partial charge in [0.05, 0.1) is 16.2 Å². The third-order valence-electron chi connectivity index (χ3n) is 5.11. The smallest absolute Gasteiger partial charge is 0.353 e. The minimum absolute atomic E-state index is 0.237. The van der Waals surface area contributed by atoms with Crippen molar-refractivity contribution in [2.24, 2.45) is 4.36 Å². The van der Waals surface area contributed by atoms with Crippen molar-refractivity contribution < 1.29 is 14.1 Å². The van der Waals surface area contributed by atoms with Gasteiger partial charge in [-0.05, 0) is 64.4 Å². The van der Waals surface area contributed by atoms with Crippen molar-refractivity contribution in [1.82, 2.24) is 9.97 Å². The fourth-order valence-electron chi connectivity index (χ4n) is 3.63. The minimum Gasteiger partial charge on any atom is -0.385 e. The number of rotatable bonds is 4. The van der Waals surface area contributed by atoms with Crippen molar-refractivity contribution in [3.8, 4) is 0 Å². The molecule has 0 aromatic carbocycles. The SMILES string of the molecule is Cc1nc2c(c(NC(=O)/N=[SH](=O)/c3ncc(C(C)(C)O)s3)c1C1CC1)CCC2. The number of carbonyl (C=O) groups is 1. The molecule has 4 rings (SSSR count). The summed E-state index contributed by atoms with van der Waals surface area (Å²) in [4.78, 5) is 21.9. The number of thiazole rings is 1.